The van der Waals surface area contributed by atoms with E-state index < -0.39 is 11.0 Å². The molecule has 27 heavy (non-hydrogen) atoms. The zero-order chi connectivity index (χ0) is 19.2. The second-order valence-corrected chi connectivity index (χ2v) is 8.36. The zero-order valence-corrected chi connectivity index (χ0v) is 16.9. The number of morpholine rings is 1. The van der Waals surface area contributed by atoms with Gasteiger partial charge in [-0.05, 0) is 44.8 Å². The summed E-state index contributed by atoms with van der Waals surface area (Å²) in [7, 11) is 1.93. The third-order valence-corrected chi connectivity index (χ3v) is 6.24. The van der Waals surface area contributed by atoms with E-state index in [4.69, 9.17) is 21.3 Å². The van der Waals surface area contributed by atoms with Gasteiger partial charge in [0.15, 0.2) is 17.0 Å². The van der Waals surface area contributed by atoms with Crippen LogP contribution in [0.5, 0.6) is 0 Å². The van der Waals surface area contributed by atoms with Crippen molar-refractivity contribution in [3.63, 3.8) is 0 Å². The highest BCUT2D eigenvalue weighted by Gasteiger charge is 2.48. The van der Waals surface area contributed by atoms with Gasteiger partial charge in [-0.3, -0.25) is 0 Å². The lowest BCUT2D eigenvalue weighted by Gasteiger charge is -2.44. The van der Waals surface area contributed by atoms with Crippen LogP contribution in [0.25, 0.3) is 11.2 Å². The van der Waals surface area contributed by atoms with Crippen molar-refractivity contribution in [2.24, 2.45) is 7.05 Å². The average molecular weight is 395 g/mol. The summed E-state index contributed by atoms with van der Waals surface area (Å²) in [6.45, 7) is 8.36. The van der Waals surface area contributed by atoms with Gasteiger partial charge in [-0.2, -0.15) is 9.97 Å². The minimum absolute atomic E-state index is 0.203. The smallest absolute Gasteiger partial charge is 0.226 e. The maximum Gasteiger partial charge on any atom is 0.226 e. The van der Waals surface area contributed by atoms with Crippen LogP contribution in [0.1, 0.15) is 32.5 Å². The summed E-state index contributed by atoms with van der Waals surface area (Å²) in [6.07, 6.45) is 1.67. The quantitative estimate of drug-likeness (QED) is 0.757. The first-order valence-electron chi connectivity index (χ1n) is 9.50. The summed E-state index contributed by atoms with van der Waals surface area (Å²) in [5, 5.41) is 14.9. The molecule has 4 rings (SSSR count). The number of imidazole rings is 1. The number of rotatable bonds is 3. The standard InChI is InChI=1S/C18H27ClN6O2/c1-17(2,18(26)5-4-6-20-11-18)15-21-12-13(24(15)3)22-16(19)23-14(12)25-7-9-27-10-8-25/h20,26H,4-11H2,1-3H3. The molecule has 2 aliphatic heterocycles. The Labute approximate surface area is 163 Å². The maximum atomic E-state index is 11.4. The topological polar surface area (TPSA) is 88.3 Å². The highest BCUT2D eigenvalue weighted by atomic mass is 35.5. The summed E-state index contributed by atoms with van der Waals surface area (Å²) < 4.78 is 7.40. The van der Waals surface area contributed by atoms with Crippen LogP contribution < -0.4 is 10.2 Å². The Hall–Kier alpha value is -1.48. The van der Waals surface area contributed by atoms with Crippen molar-refractivity contribution < 1.29 is 9.84 Å². The summed E-state index contributed by atoms with van der Waals surface area (Å²) >= 11 is 6.23. The lowest BCUT2D eigenvalue weighted by atomic mass is 9.70. The second kappa shape index (κ2) is 6.84. The molecule has 9 heteroatoms. The van der Waals surface area contributed by atoms with Gasteiger partial charge in [0, 0.05) is 26.7 Å². The van der Waals surface area contributed by atoms with E-state index >= 15 is 0 Å². The molecule has 2 fully saturated rings. The number of aliphatic hydroxyl groups is 1. The fourth-order valence-corrected chi connectivity index (χ4v) is 4.37. The number of anilines is 1. The van der Waals surface area contributed by atoms with Gasteiger partial charge in [0.2, 0.25) is 5.28 Å². The summed E-state index contributed by atoms with van der Waals surface area (Å²) in [6, 6.07) is 0. The molecule has 0 amide bonds. The predicted octanol–water partition coefficient (Wildman–Crippen LogP) is 1.25. The number of piperidine rings is 1. The van der Waals surface area contributed by atoms with E-state index in [0.29, 0.717) is 25.4 Å². The SMILES string of the molecule is Cn1c(C(C)(C)C2(O)CCCNC2)nc2c(N3CCOCC3)nc(Cl)nc21. The minimum Gasteiger partial charge on any atom is -0.388 e. The monoisotopic (exact) mass is 394 g/mol. The fourth-order valence-electron chi connectivity index (χ4n) is 4.21. The third-order valence-electron chi connectivity index (χ3n) is 6.07. The molecule has 0 saturated carbocycles. The van der Waals surface area contributed by atoms with Crippen LogP contribution in [-0.4, -0.2) is 69.6 Å². The number of hydrogen-bond acceptors (Lipinski definition) is 7. The Morgan fingerprint density at radius 1 is 1.22 bits per heavy atom. The molecular formula is C18H27ClN6O2. The van der Waals surface area contributed by atoms with E-state index in [0.717, 1.165) is 49.6 Å². The van der Waals surface area contributed by atoms with E-state index in [1.165, 1.54) is 0 Å². The first-order valence-corrected chi connectivity index (χ1v) is 9.87. The van der Waals surface area contributed by atoms with Crippen LogP contribution in [0, 0.1) is 0 Å². The highest BCUT2D eigenvalue weighted by Crippen LogP contribution is 2.40. The fraction of sp³-hybridized carbons (Fsp3) is 0.722. The molecule has 2 aliphatic rings. The first-order chi connectivity index (χ1) is 12.8. The van der Waals surface area contributed by atoms with Crippen LogP contribution in [0.2, 0.25) is 5.28 Å². The molecule has 2 aromatic rings. The van der Waals surface area contributed by atoms with Crippen LogP contribution in [0.3, 0.4) is 0 Å². The Balaban J connectivity index is 1.84. The number of ether oxygens (including phenoxy) is 1. The molecule has 2 saturated heterocycles. The predicted molar refractivity (Wildman–Crippen MR) is 104 cm³/mol. The summed E-state index contributed by atoms with van der Waals surface area (Å²) in [5.74, 6) is 1.52. The van der Waals surface area contributed by atoms with Crippen molar-refractivity contribution in [2.75, 3.05) is 44.3 Å². The van der Waals surface area contributed by atoms with Gasteiger partial charge in [-0.15, -0.1) is 0 Å². The Kier molecular flexibility index (Phi) is 4.78. The molecule has 148 valence electrons. The molecule has 8 nitrogen and oxygen atoms in total. The third kappa shape index (κ3) is 3.08. The minimum atomic E-state index is -0.878. The van der Waals surface area contributed by atoms with Gasteiger partial charge >= 0.3 is 0 Å². The van der Waals surface area contributed by atoms with Crippen LogP contribution in [-0.2, 0) is 17.2 Å². The Morgan fingerprint density at radius 2 is 1.96 bits per heavy atom. The van der Waals surface area contributed by atoms with Gasteiger partial charge in [0.1, 0.15) is 5.82 Å². The van der Waals surface area contributed by atoms with Gasteiger partial charge in [-0.1, -0.05) is 0 Å². The van der Waals surface area contributed by atoms with E-state index in [-0.39, 0.29) is 5.28 Å². The number of nitrogens with one attached hydrogen (secondary N) is 1. The molecule has 0 bridgehead atoms. The van der Waals surface area contributed by atoms with Gasteiger partial charge in [0.25, 0.3) is 0 Å². The number of hydrogen-bond donors (Lipinski definition) is 2. The highest BCUT2D eigenvalue weighted by molar-refractivity contribution is 6.28. The van der Waals surface area contributed by atoms with Crippen LogP contribution in [0.15, 0.2) is 0 Å². The largest absolute Gasteiger partial charge is 0.388 e. The zero-order valence-electron chi connectivity index (χ0n) is 16.1. The molecule has 0 radical (unpaired) electrons. The van der Waals surface area contributed by atoms with Gasteiger partial charge in [0.05, 0.1) is 24.2 Å². The average Bonchev–Trinajstić information content (AvgIpc) is 3.00. The molecule has 2 N–H and O–H groups in total. The van der Waals surface area contributed by atoms with Gasteiger partial charge < -0.3 is 24.6 Å². The number of aryl methyl sites for hydroxylation is 1. The van der Waals surface area contributed by atoms with Crippen molar-refractivity contribution in [1.82, 2.24) is 24.8 Å². The van der Waals surface area contributed by atoms with Crippen LogP contribution in [0.4, 0.5) is 5.82 Å². The number of β-amino-alcohol motifs (C(OH)–C–C–N with tert-alkyl or cyclic N) is 1. The number of aromatic nitrogens is 4. The number of fused-ring (bicyclic) bond motifs is 1. The first kappa shape index (κ1) is 18.9. The molecule has 4 heterocycles. The number of nitrogens with zero attached hydrogens (tertiary/aromatic N) is 5. The molecule has 1 atom stereocenters. The molecule has 1 unspecified atom stereocenters. The molecule has 0 aliphatic carbocycles. The van der Waals surface area contributed by atoms with E-state index in [1.54, 1.807) is 0 Å². The van der Waals surface area contributed by atoms with Crippen molar-refractivity contribution in [1.29, 1.82) is 0 Å². The summed E-state index contributed by atoms with van der Waals surface area (Å²) in [4.78, 5) is 16.0. The lowest BCUT2D eigenvalue weighted by Crippen LogP contribution is -2.58. The molecule has 0 spiro atoms. The molecular weight excluding hydrogens is 368 g/mol. The summed E-state index contributed by atoms with van der Waals surface area (Å²) in [5.41, 5.74) is -0.0346. The normalized spacial score (nSPS) is 24.6. The van der Waals surface area contributed by atoms with Crippen molar-refractivity contribution in [2.45, 2.75) is 37.7 Å². The van der Waals surface area contributed by atoms with Gasteiger partial charge in [-0.25, -0.2) is 4.98 Å². The molecule has 2 aromatic heterocycles. The van der Waals surface area contributed by atoms with Crippen molar-refractivity contribution in [3.05, 3.63) is 11.1 Å². The molecule has 0 aromatic carbocycles. The van der Waals surface area contributed by atoms with E-state index in [1.807, 2.05) is 25.5 Å². The van der Waals surface area contributed by atoms with E-state index in [2.05, 4.69) is 20.2 Å². The maximum absolute atomic E-state index is 11.4. The van der Waals surface area contributed by atoms with Crippen molar-refractivity contribution in [3.8, 4) is 0 Å². The van der Waals surface area contributed by atoms with Crippen molar-refractivity contribution >= 4 is 28.6 Å². The van der Waals surface area contributed by atoms with E-state index in [9.17, 15) is 5.11 Å². The lowest BCUT2D eigenvalue weighted by molar-refractivity contribution is -0.0483. The number of halogens is 1. The Morgan fingerprint density at radius 3 is 2.63 bits per heavy atom. The Bertz CT molecular complexity index is 840. The van der Waals surface area contributed by atoms with Crippen LogP contribution >= 0.6 is 11.6 Å². The second-order valence-electron chi connectivity index (χ2n) is 8.02.